The molecule has 1 amide bonds. The summed E-state index contributed by atoms with van der Waals surface area (Å²) in [4.78, 5) is 12.3. The number of amides is 1. The zero-order valence-corrected chi connectivity index (χ0v) is 13.8. The van der Waals surface area contributed by atoms with Crippen molar-refractivity contribution in [3.05, 3.63) is 56.2 Å². The fourth-order valence-corrected chi connectivity index (χ4v) is 2.76. The average Bonchev–Trinajstić information content (AvgIpc) is 2.42. The van der Waals surface area contributed by atoms with Crippen molar-refractivity contribution in [1.82, 2.24) is 0 Å². The van der Waals surface area contributed by atoms with Crippen LogP contribution in [0.5, 0.6) is 5.75 Å². The molecule has 21 heavy (non-hydrogen) atoms. The number of carbonyl (C=O) groups is 1. The summed E-state index contributed by atoms with van der Waals surface area (Å²) in [5.74, 6) is -0.624. The van der Waals surface area contributed by atoms with Gasteiger partial charge in [-0.25, -0.2) is 4.39 Å². The molecule has 0 aliphatic carbocycles. The Morgan fingerprint density at radius 1 is 1.29 bits per heavy atom. The molecule has 110 valence electrons. The van der Waals surface area contributed by atoms with Gasteiger partial charge in [-0.2, -0.15) is 0 Å². The maximum absolute atomic E-state index is 13.2. The molecule has 3 nitrogen and oxygen atoms in total. The van der Waals surface area contributed by atoms with Crippen LogP contribution in [0.25, 0.3) is 0 Å². The molecule has 0 aromatic heterocycles. The van der Waals surface area contributed by atoms with Crippen molar-refractivity contribution in [3.8, 4) is 5.75 Å². The molecule has 0 aliphatic rings. The average molecular weight is 393 g/mol. The van der Waals surface area contributed by atoms with Crippen LogP contribution >= 0.6 is 39.1 Å². The molecular formula is C14H9BrCl2FNO2. The minimum atomic E-state index is -0.506. The topological polar surface area (TPSA) is 38.3 Å². The van der Waals surface area contributed by atoms with Gasteiger partial charge in [-0.1, -0.05) is 23.2 Å². The molecule has 0 saturated heterocycles. The van der Waals surface area contributed by atoms with E-state index in [-0.39, 0.29) is 16.3 Å². The van der Waals surface area contributed by atoms with Crippen LogP contribution in [0.3, 0.4) is 0 Å². The van der Waals surface area contributed by atoms with Crippen molar-refractivity contribution in [2.75, 3.05) is 12.4 Å². The minimum absolute atomic E-state index is 0.0863. The van der Waals surface area contributed by atoms with Gasteiger partial charge in [0, 0.05) is 9.50 Å². The first-order chi connectivity index (χ1) is 9.92. The molecule has 0 unspecified atom stereocenters. The number of anilines is 1. The van der Waals surface area contributed by atoms with E-state index in [9.17, 15) is 9.18 Å². The highest BCUT2D eigenvalue weighted by Crippen LogP contribution is 2.33. The predicted octanol–water partition coefficient (Wildman–Crippen LogP) is 5.16. The second-order valence-corrected chi connectivity index (χ2v) is 5.74. The SMILES string of the molecule is COc1cc(Cl)ccc1C(=O)Nc1c(Cl)cc(F)cc1Br. The van der Waals surface area contributed by atoms with Gasteiger partial charge in [0.25, 0.3) is 5.91 Å². The monoisotopic (exact) mass is 391 g/mol. The summed E-state index contributed by atoms with van der Waals surface area (Å²) >= 11 is 14.9. The number of nitrogens with one attached hydrogen (secondary N) is 1. The van der Waals surface area contributed by atoms with Crippen LogP contribution in [0, 0.1) is 5.82 Å². The lowest BCUT2D eigenvalue weighted by molar-refractivity contribution is 0.102. The summed E-state index contributed by atoms with van der Waals surface area (Å²) < 4.78 is 18.6. The molecule has 2 aromatic rings. The summed E-state index contributed by atoms with van der Waals surface area (Å²) in [7, 11) is 1.43. The normalized spacial score (nSPS) is 10.3. The number of rotatable bonds is 3. The van der Waals surface area contributed by atoms with E-state index in [1.165, 1.54) is 25.3 Å². The summed E-state index contributed by atoms with van der Waals surface area (Å²) in [6, 6.07) is 6.95. The van der Waals surface area contributed by atoms with E-state index in [1.807, 2.05) is 0 Å². The highest BCUT2D eigenvalue weighted by molar-refractivity contribution is 9.10. The third-order valence-electron chi connectivity index (χ3n) is 2.65. The fourth-order valence-electron chi connectivity index (χ4n) is 1.70. The van der Waals surface area contributed by atoms with Crippen LogP contribution in [-0.4, -0.2) is 13.0 Å². The fraction of sp³-hybridized carbons (Fsp3) is 0.0714. The van der Waals surface area contributed by atoms with Crippen LogP contribution in [0.2, 0.25) is 10.0 Å². The Morgan fingerprint density at radius 2 is 2.00 bits per heavy atom. The van der Waals surface area contributed by atoms with E-state index in [2.05, 4.69) is 21.2 Å². The molecule has 0 fully saturated rings. The van der Waals surface area contributed by atoms with Gasteiger partial charge < -0.3 is 10.1 Å². The number of methoxy groups -OCH3 is 1. The van der Waals surface area contributed by atoms with E-state index in [0.29, 0.717) is 15.2 Å². The van der Waals surface area contributed by atoms with Crippen molar-refractivity contribution in [2.24, 2.45) is 0 Å². The maximum Gasteiger partial charge on any atom is 0.259 e. The van der Waals surface area contributed by atoms with E-state index < -0.39 is 11.7 Å². The summed E-state index contributed by atoms with van der Waals surface area (Å²) in [6.45, 7) is 0. The zero-order valence-electron chi connectivity index (χ0n) is 10.7. The molecule has 2 aromatic carbocycles. The molecule has 0 aliphatic heterocycles. The van der Waals surface area contributed by atoms with Crippen LogP contribution in [-0.2, 0) is 0 Å². The Hall–Kier alpha value is -1.30. The summed E-state index contributed by atoms with van der Waals surface area (Å²) in [6.07, 6.45) is 0. The van der Waals surface area contributed by atoms with Crippen LogP contribution < -0.4 is 10.1 Å². The first-order valence-corrected chi connectivity index (χ1v) is 7.26. The van der Waals surface area contributed by atoms with E-state index in [0.717, 1.165) is 6.07 Å². The highest BCUT2D eigenvalue weighted by Gasteiger charge is 2.16. The van der Waals surface area contributed by atoms with Crippen molar-refractivity contribution in [3.63, 3.8) is 0 Å². The number of benzene rings is 2. The van der Waals surface area contributed by atoms with E-state index in [4.69, 9.17) is 27.9 Å². The third-order valence-corrected chi connectivity index (χ3v) is 3.81. The lowest BCUT2D eigenvalue weighted by atomic mass is 10.2. The summed E-state index contributed by atoms with van der Waals surface area (Å²) in [5, 5.41) is 3.14. The standard InChI is InChI=1S/C14H9BrCl2FNO2/c1-21-12-4-7(16)2-3-9(12)14(20)19-13-10(15)5-8(18)6-11(13)17/h2-6H,1H3,(H,19,20). The largest absolute Gasteiger partial charge is 0.496 e. The van der Waals surface area contributed by atoms with Crippen molar-refractivity contribution in [1.29, 1.82) is 0 Å². The minimum Gasteiger partial charge on any atom is -0.496 e. The van der Waals surface area contributed by atoms with Gasteiger partial charge in [-0.3, -0.25) is 4.79 Å². The second-order valence-electron chi connectivity index (χ2n) is 4.04. The molecule has 2 rings (SSSR count). The molecule has 1 N–H and O–H groups in total. The molecule has 0 spiro atoms. The van der Waals surface area contributed by atoms with Gasteiger partial charge in [-0.15, -0.1) is 0 Å². The first kappa shape index (κ1) is 16.1. The van der Waals surface area contributed by atoms with Crippen LogP contribution in [0.15, 0.2) is 34.8 Å². The van der Waals surface area contributed by atoms with Crippen LogP contribution in [0.4, 0.5) is 10.1 Å². The number of halogens is 4. The highest BCUT2D eigenvalue weighted by atomic mass is 79.9. The van der Waals surface area contributed by atoms with Crippen LogP contribution in [0.1, 0.15) is 10.4 Å². The van der Waals surface area contributed by atoms with Gasteiger partial charge >= 0.3 is 0 Å². The lowest BCUT2D eigenvalue weighted by Gasteiger charge is -2.12. The number of ether oxygens (including phenoxy) is 1. The third kappa shape index (κ3) is 3.67. The Labute approximate surface area is 139 Å². The smallest absolute Gasteiger partial charge is 0.259 e. The van der Waals surface area contributed by atoms with Gasteiger partial charge in [0.1, 0.15) is 11.6 Å². The number of hydrogen-bond acceptors (Lipinski definition) is 2. The van der Waals surface area contributed by atoms with Gasteiger partial charge in [-0.05, 0) is 46.3 Å². The Kier molecular flexibility index (Phi) is 5.08. The van der Waals surface area contributed by atoms with E-state index >= 15 is 0 Å². The predicted molar refractivity (Wildman–Crippen MR) is 85.1 cm³/mol. The van der Waals surface area contributed by atoms with E-state index in [1.54, 1.807) is 6.07 Å². The molecule has 7 heteroatoms. The Bertz CT molecular complexity index is 686. The number of hydrogen-bond donors (Lipinski definition) is 1. The molecule has 0 atom stereocenters. The number of carbonyl (C=O) groups excluding carboxylic acids is 1. The lowest BCUT2D eigenvalue weighted by Crippen LogP contribution is -2.14. The second kappa shape index (κ2) is 6.64. The van der Waals surface area contributed by atoms with Gasteiger partial charge in [0.2, 0.25) is 0 Å². The zero-order chi connectivity index (χ0) is 15.6. The molecule has 0 saturated carbocycles. The van der Waals surface area contributed by atoms with Crippen molar-refractivity contribution in [2.45, 2.75) is 0 Å². The quantitative estimate of drug-likeness (QED) is 0.783. The van der Waals surface area contributed by atoms with Gasteiger partial charge in [0.05, 0.1) is 23.4 Å². The maximum atomic E-state index is 13.2. The first-order valence-electron chi connectivity index (χ1n) is 5.72. The molecule has 0 radical (unpaired) electrons. The summed E-state index contributed by atoms with van der Waals surface area (Å²) in [5.41, 5.74) is 0.564. The molecule has 0 bridgehead atoms. The molecular weight excluding hydrogens is 384 g/mol. The molecule has 0 heterocycles. The Balaban J connectivity index is 2.35. The Morgan fingerprint density at radius 3 is 2.62 bits per heavy atom. The van der Waals surface area contributed by atoms with Gasteiger partial charge in [0.15, 0.2) is 0 Å². The van der Waals surface area contributed by atoms with Crippen molar-refractivity contribution < 1.29 is 13.9 Å². The van der Waals surface area contributed by atoms with Crippen molar-refractivity contribution >= 4 is 50.7 Å².